The van der Waals surface area contributed by atoms with Crippen molar-refractivity contribution < 1.29 is 8.42 Å². The highest BCUT2D eigenvalue weighted by Gasteiger charge is 2.28. The van der Waals surface area contributed by atoms with Gasteiger partial charge < -0.3 is 11.1 Å². The number of aromatic amines is 1. The van der Waals surface area contributed by atoms with Gasteiger partial charge in [-0.25, -0.2) is 13.5 Å². The quantitative estimate of drug-likeness (QED) is 0.766. The van der Waals surface area contributed by atoms with Crippen LogP contribution in [0.15, 0.2) is 24.3 Å². The molecule has 1 aromatic carbocycles. The van der Waals surface area contributed by atoms with Gasteiger partial charge in [0.25, 0.3) is 0 Å². The van der Waals surface area contributed by atoms with Crippen LogP contribution >= 0.6 is 0 Å². The molecule has 1 aliphatic rings. The second-order valence-electron chi connectivity index (χ2n) is 4.46. The molecule has 1 saturated heterocycles. The number of H-pyrrole nitrogens is 1. The van der Waals surface area contributed by atoms with E-state index in [0.717, 1.165) is 5.69 Å². The third kappa shape index (κ3) is 2.39. The number of hydrogen-bond donors (Lipinski definition) is 3. The Labute approximate surface area is 116 Å². The summed E-state index contributed by atoms with van der Waals surface area (Å²) in [6.45, 7) is 0.534. The smallest absolute Gasteiger partial charge is 0.248 e. The van der Waals surface area contributed by atoms with Crippen molar-refractivity contribution in [2.45, 2.75) is 6.42 Å². The zero-order valence-electron chi connectivity index (χ0n) is 10.6. The van der Waals surface area contributed by atoms with Gasteiger partial charge in [-0.2, -0.15) is 4.98 Å². The molecule has 9 heteroatoms. The van der Waals surface area contributed by atoms with Crippen molar-refractivity contribution in [1.82, 2.24) is 15.2 Å². The van der Waals surface area contributed by atoms with Gasteiger partial charge in [-0.3, -0.25) is 4.31 Å². The highest BCUT2D eigenvalue weighted by molar-refractivity contribution is 7.93. The fourth-order valence-electron chi connectivity index (χ4n) is 2.10. The number of nitrogen functional groups attached to an aromatic ring is 1. The van der Waals surface area contributed by atoms with Gasteiger partial charge >= 0.3 is 0 Å². The first-order chi connectivity index (χ1) is 9.54. The van der Waals surface area contributed by atoms with E-state index in [1.165, 1.54) is 4.31 Å². The van der Waals surface area contributed by atoms with Crippen LogP contribution in [0.3, 0.4) is 0 Å². The molecule has 1 fully saturated rings. The molecule has 0 bridgehead atoms. The second-order valence-corrected chi connectivity index (χ2v) is 6.47. The van der Waals surface area contributed by atoms with E-state index in [4.69, 9.17) is 5.73 Å². The van der Waals surface area contributed by atoms with Gasteiger partial charge in [0.2, 0.25) is 21.9 Å². The fourth-order valence-corrected chi connectivity index (χ4v) is 3.66. The molecule has 1 aromatic heterocycles. The van der Waals surface area contributed by atoms with Gasteiger partial charge in [0.15, 0.2) is 0 Å². The van der Waals surface area contributed by atoms with Crippen LogP contribution in [0.4, 0.5) is 23.3 Å². The maximum Gasteiger partial charge on any atom is 0.248 e. The van der Waals surface area contributed by atoms with Crippen LogP contribution in [0.2, 0.25) is 0 Å². The molecule has 0 radical (unpaired) electrons. The highest BCUT2D eigenvalue weighted by Crippen LogP contribution is 2.25. The van der Waals surface area contributed by atoms with Gasteiger partial charge in [0, 0.05) is 12.2 Å². The average molecular weight is 294 g/mol. The Balaban J connectivity index is 1.78. The van der Waals surface area contributed by atoms with Crippen LogP contribution in [0.1, 0.15) is 6.42 Å². The molecule has 0 atom stereocenters. The van der Waals surface area contributed by atoms with E-state index in [2.05, 4.69) is 20.5 Å². The molecular formula is C11H14N6O2S. The fraction of sp³-hybridized carbons (Fsp3) is 0.273. The Morgan fingerprint density at radius 1 is 1.30 bits per heavy atom. The molecule has 0 saturated carbocycles. The largest absolute Gasteiger partial charge is 0.368 e. The Morgan fingerprint density at radius 3 is 2.60 bits per heavy atom. The second kappa shape index (κ2) is 4.67. The lowest BCUT2D eigenvalue weighted by molar-refractivity contribution is 0.599. The minimum Gasteiger partial charge on any atom is -0.368 e. The van der Waals surface area contributed by atoms with Crippen LogP contribution in [0.25, 0.3) is 0 Å². The van der Waals surface area contributed by atoms with Crippen LogP contribution in [-0.2, 0) is 10.0 Å². The number of nitrogens with zero attached hydrogens (tertiary/aromatic N) is 3. The Morgan fingerprint density at radius 2 is 2.05 bits per heavy atom. The van der Waals surface area contributed by atoms with Crippen molar-refractivity contribution in [3.63, 3.8) is 0 Å². The summed E-state index contributed by atoms with van der Waals surface area (Å²) in [5.74, 6) is 0.806. The van der Waals surface area contributed by atoms with Crippen molar-refractivity contribution in [3.05, 3.63) is 24.3 Å². The van der Waals surface area contributed by atoms with Crippen molar-refractivity contribution in [2.24, 2.45) is 0 Å². The molecule has 2 heterocycles. The molecule has 4 N–H and O–H groups in total. The number of nitrogens with two attached hydrogens (primary N) is 1. The van der Waals surface area contributed by atoms with Crippen molar-refractivity contribution >= 4 is 33.3 Å². The molecule has 0 spiro atoms. The molecule has 0 aliphatic carbocycles. The number of nitrogens with one attached hydrogen (secondary N) is 2. The third-order valence-electron chi connectivity index (χ3n) is 3.01. The number of sulfonamides is 1. The lowest BCUT2D eigenvalue weighted by Crippen LogP contribution is -2.24. The molecule has 106 valence electrons. The van der Waals surface area contributed by atoms with E-state index < -0.39 is 10.0 Å². The summed E-state index contributed by atoms with van der Waals surface area (Å²) in [7, 11) is -3.14. The normalized spacial score (nSPS) is 17.3. The summed E-state index contributed by atoms with van der Waals surface area (Å²) in [6, 6.07) is 7.05. The number of anilines is 4. The van der Waals surface area contributed by atoms with E-state index in [9.17, 15) is 8.42 Å². The van der Waals surface area contributed by atoms with Crippen molar-refractivity contribution in [2.75, 3.05) is 27.7 Å². The van der Waals surface area contributed by atoms with Gasteiger partial charge in [-0.15, -0.1) is 5.10 Å². The first-order valence-corrected chi connectivity index (χ1v) is 7.71. The molecule has 8 nitrogen and oxygen atoms in total. The zero-order valence-corrected chi connectivity index (χ0v) is 11.4. The first-order valence-electron chi connectivity index (χ1n) is 6.10. The number of hydrogen-bond acceptors (Lipinski definition) is 6. The summed E-state index contributed by atoms with van der Waals surface area (Å²) < 4.78 is 25.1. The lowest BCUT2D eigenvalue weighted by Gasteiger charge is -2.17. The number of benzene rings is 1. The molecule has 1 aliphatic heterocycles. The Hall–Kier alpha value is -2.29. The predicted molar refractivity (Wildman–Crippen MR) is 76.3 cm³/mol. The van der Waals surface area contributed by atoms with Crippen LogP contribution in [0.5, 0.6) is 0 Å². The molecule has 3 rings (SSSR count). The number of rotatable bonds is 3. The SMILES string of the molecule is Nc1nc(Nc2ccc(N3CCCS3(=O)=O)cc2)n[nH]1. The molecule has 20 heavy (non-hydrogen) atoms. The Bertz CT molecular complexity index is 709. The summed E-state index contributed by atoms with van der Waals surface area (Å²) in [4.78, 5) is 3.92. The van der Waals surface area contributed by atoms with Crippen molar-refractivity contribution in [1.29, 1.82) is 0 Å². The number of aromatic nitrogens is 3. The van der Waals surface area contributed by atoms with Crippen molar-refractivity contribution in [3.8, 4) is 0 Å². The summed E-state index contributed by atoms with van der Waals surface area (Å²) in [5, 5.41) is 9.34. The van der Waals surface area contributed by atoms with Gasteiger partial charge in [-0.05, 0) is 30.7 Å². The molecule has 2 aromatic rings. The monoisotopic (exact) mass is 294 g/mol. The minimum absolute atomic E-state index is 0.212. The van der Waals surface area contributed by atoms with Crippen LogP contribution in [0, 0.1) is 0 Å². The highest BCUT2D eigenvalue weighted by atomic mass is 32.2. The third-order valence-corrected chi connectivity index (χ3v) is 4.88. The van der Waals surface area contributed by atoms with E-state index in [1.807, 2.05) is 0 Å². The summed E-state index contributed by atoms with van der Waals surface area (Å²) in [5.41, 5.74) is 6.85. The van der Waals surface area contributed by atoms with Crippen LogP contribution < -0.4 is 15.4 Å². The standard InChI is InChI=1S/C11H14N6O2S/c12-10-14-11(16-15-10)13-8-2-4-9(5-3-8)17-6-1-7-20(17,18)19/h2-5H,1,6-7H2,(H4,12,13,14,15,16). The molecule has 0 amide bonds. The van der Waals surface area contributed by atoms with Gasteiger partial charge in [-0.1, -0.05) is 0 Å². The van der Waals surface area contributed by atoms with E-state index in [0.29, 0.717) is 24.6 Å². The minimum atomic E-state index is -3.14. The first kappa shape index (κ1) is 12.7. The summed E-state index contributed by atoms with van der Waals surface area (Å²) >= 11 is 0. The predicted octanol–water partition coefficient (Wildman–Crippen LogP) is 0.670. The van der Waals surface area contributed by atoms with E-state index in [1.54, 1.807) is 24.3 Å². The van der Waals surface area contributed by atoms with Crippen LogP contribution in [-0.4, -0.2) is 35.9 Å². The Kier molecular flexibility index (Phi) is 2.97. The van der Waals surface area contributed by atoms with Gasteiger partial charge in [0.05, 0.1) is 11.4 Å². The molecule has 0 unspecified atom stereocenters. The summed E-state index contributed by atoms with van der Waals surface area (Å²) in [6.07, 6.45) is 0.665. The van der Waals surface area contributed by atoms with E-state index >= 15 is 0 Å². The lowest BCUT2D eigenvalue weighted by atomic mass is 10.2. The maximum atomic E-state index is 11.8. The van der Waals surface area contributed by atoms with E-state index in [-0.39, 0.29) is 11.7 Å². The van der Waals surface area contributed by atoms with Gasteiger partial charge in [0.1, 0.15) is 0 Å². The zero-order chi connectivity index (χ0) is 14.2. The molecular weight excluding hydrogens is 280 g/mol. The topological polar surface area (TPSA) is 117 Å². The maximum absolute atomic E-state index is 11.8. The average Bonchev–Trinajstić information content (AvgIpc) is 2.96.